The molecule has 0 aliphatic carbocycles. The minimum Gasteiger partial charge on any atom is -0.384 e. The lowest BCUT2D eigenvalue weighted by atomic mass is 10.1. The molecule has 1 aliphatic heterocycles. The fourth-order valence-electron chi connectivity index (χ4n) is 2.47. The zero-order valence-corrected chi connectivity index (χ0v) is 12.2. The Morgan fingerprint density at radius 2 is 1.90 bits per heavy atom. The number of aromatic nitrogens is 1. The van der Waals surface area contributed by atoms with E-state index in [-0.39, 0.29) is 17.3 Å². The zero-order chi connectivity index (χ0) is 15.0. The SMILES string of the molecule is N=C(N)c1cc2ccccc2nc1N1CCS(=O)(=O)CC1. The van der Waals surface area contributed by atoms with Gasteiger partial charge in [0.25, 0.3) is 0 Å². The first-order chi connectivity index (χ1) is 9.96. The van der Waals surface area contributed by atoms with Gasteiger partial charge >= 0.3 is 0 Å². The molecule has 3 rings (SSSR count). The molecule has 7 heteroatoms. The standard InChI is InChI=1S/C14H16N4O2S/c15-13(16)11-9-10-3-1-2-4-12(10)17-14(11)18-5-7-21(19,20)8-6-18/h1-4,9H,5-8H2,(H3,15,16). The summed E-state index contributed by atoms with van der Waals surface area (Å²) in [5.41, 5.74) is 7.02. The molecular formula is C14H16N4O2S. The molecule has 0 atom stereocenters. The van der Waals surface area contributed by atoms with E-state index in [4.69, 9.17) is 11.1 Å². The molecule has 0 spiro atoms. The van der Waals surface area contributed by atoms with Crippen LogP contribution in [0.4, 0.5) is 5.82 Å². The van der Waals surface area contributed by atoms with Crippen molar-refractivity contribution in [3.8, 4) is 0 Å². The topological polar surface area (TPSA) is 100 Å². The van der Waals surface area contributed by atoms with Crippen molar-refractivity contribution in [2.45, 2.75) is 0 Å². The van der Waals surface area contributed by atoms with Crippen LogP contribution in [-0.4, -0.2) is 43.8 Å². The summed E-state index contributed by atoms with van der Waals surface area (Å²) in [7, 11) is -2.95. The van der Waals surface area contributed by atoms with E-state index in [9.17, 15) is 8.42 Å². The fraction of sp³-hybridized carbons (Fsp3) is 0.286. The lowest BCUT2D eigenvalue weighted by Crippen LogP contribution is -2.41. The van der Waals surface area contributed by atoms with E-state index >= 15 is 0 Å². The highest BCUT2D eigenvalue weighted by Crippen LogP contribution is 2.24. The van der Waals surface area contributed by atoms with E-state index < -0.39 is 9.84 Å². The van der Waals surface area contributed by atoms with Crippen LogP contribution in [0.1, 0.15) is 5.56 Å². The monoisotopic (exact) mass is 304 g/mol. The number of sulfone groups is 1. The van der Waals surface area contributed by atoms with Gasteiger partial charge in [0.05, 0.1) is 22.6 Å². The number of amidine groups is 1. The number of nitrogen functional groups attached to an aromatic ring is 1. The van der Waals surface area contributed by atoms with Crippen molar-refractivity contribution < 1.29 is 8.42 Å². The number of nitrogens with one attached hydrogen (secondary N) is 1. The van der Waals surface area contributed by atoms with Gasteiger partial charge in [-0.3, -0.25) is 5.41 Å². The van der Waals surface area contributed by atoms with Crippen molar-refractivity contribution in [1.29, 1.82) is 5.41 Å². The van der Waals surface area contributed by atoms with Gasteiger partial charge in [0.2, 0.25) is 0 Å². The molecule has 1 aromatic carbocycles. The summed E-state index contributed by atoms with van der Waals surface area (Å²) in [4.78, 5) is 6.47. The van der Waals surface area contributed by atoms with Gasteiger partial charge in [-0.15, -0.1) is 0 Å². The van der Waals surface area contributed by atoms with Crippen LogP contribution in [0, 0.1) is 5.41 Å². The number of hydrogen-bond acceptors (Lipinski definition) is 5. The van der Waals surface area contributed by atoms with Gasteiger partial charge < -0.3 is 10.6 Å². The molecular weight excluding hydrogens is 288 g/mol. The van der Waals surface area contributed by atoms with Crippen LogP contribution in [-0.2, 0) is 9.84 Å². The second-order valence-electron chi connectivity index (χ2n) is 5.10. The van der Waals surface area contributed by atoms with Crippen molar-refractivity contribution in [3.63, 3.8) is 0 Å². The van der Waals surface area contributed by atoms with Crippen LogP contribution in [0.15, 0.2) is 30.3 Å². The van der Waals surface area contributed by atoms with Gasteiger partial charge in [-0.25, -0.2) is 13.4 Å². The third kappa shape index (κ3) is 2.69. The van der Waals surface area contributed by atoms with E-state index in [2.05, 4.69) is 4.98 Å². The Kier molecular flexibility index (Phi) is 3.29. The highest BCUT2D eigenvalue weighted by molar-refractivity contribution is 7.91. The van der Waals surface area contributed by atoms with Crippen molar-refractivity contribution in [2.75, 3.05) is 29.5 Å². The summed E-state index contributed by atoms with van der Waals surface area (Å²) in [6.07, 6.45) is 0. The highest BCUT2D eigenvalue weighted by Gasteiger charge is 2.25. The molecule has 2 heterocycles. The number of nitrogens with two attached hydrogens (primary N) is 1. The Hall–Kier alpha value is -2.15. The van der Waals surface area contributed by atoms with Crippen molar-refractivity contribution in [2.24, 2.45) is 5.73 Å². The predicted octanol–water partition coefficient (Wildman–Crippen LogP) is 0.754. The predicted molar refractivity (Wildman–Crippen MR) is 83.6 cm³/mol. The number of benzene rings is 1. The number of para-hydroxylation sites is 1. The number of hydrogen-bond donors (Lipinski definition) is 2. The smallest absolute Gasteiger partial charge is 0.153 e. The third-order valence-electron chi connectivity index (χ3n) is 3.64. The summed E-state index contributed by atoms with van der Waals surface area (Å²) < 4.78 is 23.1. The van der Waals surface area contributed by atoms with E-state index in [0.29, 0.717) is 24.5 Å². The lowest BCUT2D eigenvalue weighted by molar-refractivity contribution is 0.586. The van der Waals surface area contributed by atoms with Crippen LogP contribution in [0.25, 0.3) is 10.9 Å². The average molecular weight is 304 g/mol. The first-order valence-electron chi connectivity index (χ1n) is 6.66. The molecule has 1 aromatic heterocycles. The molecule has 0 amide bonds. The summed E-state index contributed by atoms with van der Waals surface area (Å²) in [5.74, 6) is 0.755. The number of anilines is 1. The molecule has 1 aliphatic rings. The van der Waals surface area contributed by atoms with Gasteiger partial charge in [0, 0.05) is 18.5 Å². The average Bonchev–Trinajstić information content (AvgIpc) is 2.46. The van der Waals surface area contributed by atoms with Crippen LogP contribution >= 0.6 is 0 Å². The van der Waals surface area contributed by atoms with E-state index in [1.54, 1.807) is 0 Å². The molecule has 1 saturated heterocycles. The Balaban J connectivity index is 2.08. The molecule has 21 heavy (non-hydrogen) atoms. The number of rotatable bonds is 2. The van der Waals surface area contributed by atoms with Gasteiger partial charge in [0.1, 0.15) is 11.7 Å². The maximum Gasteiger partial charge on any atom is 0.153 e. The van der Waals surface area contributed by atoms with Crippen molar-refractivity contribution >= 4 is 32.4 Å². The number of fused-ring (bicyclic) bond motifs is 1. The maximum atomic E-state index is 11.5. The van der Waals surface area contributed by atoms with Gasteiger partial charge in [0.15, 0.2) is 9.84 Å². The second-order valence-corrected chi connectivity index (χ2v) is 7.41. The quantitative estimate of drug-likeness (QED) is 0.630. The van der Waals surface area contributed by atoms with E-state index in [1.165, 1.54) is 0 Å². The second kappa shape index (κ2) is 5.00. The highest BCUT2D eigenvalue weighted by atomic mass is 32.2. The van der Waals surface area contributed by atoms with Crippen molar-refractivity contribution in [3.05, 3.63) is 35.9 Å². The Morgan fingerprint density at radius 3 is 2.57 bits per heavy atom. The number of nitrogens with zero attached hydrogens (tertiary/aromatic N) is 2. The Labute approximate surface area is 123 Å². The first kappa shape index (κ1) is 13.8. The molecule has 2 aromatic rings. The normalized spacial score (nSPS) is 17.8. The molecule has 6 nitrogen and oxygen atoms in total. The first-order valence-corrected chi connectivity index (χ1v) is 8.48. The summed E-state index contributed by atoms with van der Waals surface area (Å²) >= 11 is 0. The van der Waals surface area contributed by atoms with Crippen LogP contribution < -0.4 is 10.6 Å². The number of pyridine rings is 1. The molecule has 110 valence electrons. The fourth-order valence-corrected chi connectivity index (χ4v) is 3.67. The maximum absolute atomic E-state index is 11.5. The molecule has 0 radical (unpaired) electrons. The minimum absolute atomic E-state index is 0.0586. The third-order valence-corrected chi connectivity index (χ3v) is 5.25. The van der Waals surface area contributed by atoms with Crippen LogP contribution in [0.5, 0.6) is 0 Å². The molecule has 1 fully saturated rings. The Bertz CT molecular complexity index is 803. The minimum atomic E-state index is -2.95. The van der Waals surface area contributed by atoms with E-state index in [0.717, 1.165) is 10.9 Å². The molecule has 3 N–H and O–H groups in total. The Morgan fingerprint density at radius 1 is 1.24 bits per heavy atom. The van der Waals surface area contributed by atoms with Gasteiger partial charge in [-0.2, -0.15) is 0 Å². The summed E-state index contributed by atoms with van der Waals surface area (Å²) in [6, 6.07) is 9.44. The van der Waals surface area contributed by atoms with E-state index in [1.807, 2.05) is 35.2 Å². The van der Waals surface area contributed by atoms with Crippen molar-refractivity contribution in [1.82, 2.24) is 4.98 Å². The van der Waals surface area contributed by atoms with Crippen LogP contribution in [0.2, 0.25) is 0 Å². The molecule has 0 saturated carbocycles. The zero-order valence-electron chi connectivity index (χ0n) is 11.4. The molecule has 0 bridgehead atoms. The summed E-state index contributed by atoms with van der Waals surface area (Å²) in [6.45, 7) is 0.766. The van der Waals surface area contributed by atoms with Crippen LogP contribution in [0.3, 0.4) is 0 Å². The molecule has 0 unspecified atom stereocenters. The largest absolute Gasteiger partial charge is 0.384 e. The summed E-state index contributed by atoms with van der Waals surface area (Å²) in [5, 5.41) is 8.65. The van der Waals surface area contributed by atoms with Gasteiger partial charge in [-0.05, 0) is 12.1 Å². The van der Waals surface area contributed by atoms with Gasteiger partial charge in [-0.1, -0.05) is 18.2 Å². The lowest BCUT2D eigenvalue weighted by Gasteiger charge is -2.29.